The van der Waals surface area contributed by atoms with Crippen LogP contribution in [0.2, 0.25) is 0 Å². The van der Waals surface area contributed by atoms with Crippen molar-refractivity contribution in [3.8, 4) is 0 Å². The molecular formula is C11H22N2O2S. The molecule has 0 radical (unpaired) electrons. The van der Waals surface area contributed by atoms with Gasteiger partial charge in [-0.3, -0.25) is 0 Å². The Balaban J connectivity index is 2.09. The highest BCUT2D eigenvalue weighted by atomic mass is 32.2. The molecule has 2 rings (SSSR count). The molecule has 2 saturated carbocycles. The molecule has 4 nitrogen and oxygen atoms in total. The van der Waals surface area contributed by atoms with Crippen LogP contribution in [-0.2, 0) is 10.0 Å². The van der Waals surface area contributed by atoms with Crippen molar-refractivity contribution in [2.75, 3.05) is 13.6 Å². The first-order valence-corrected chi connectivity index (χ1v) is 7.74. The minimum absolute atomic E-state index is 0.0992. The zero-order valence-corrected chi connectivity index (χ0v) is 10.7. The molecule has 0 aliphatic heterocycles. The van der Waals surface area contributed by atoms with E-state index in [1.165, 1.54) is 6.42 Å². The van der Waals surface area contributed by atoms with Crippen molar-refractivity contribution < 1.29 is 8.42 Å². The molecule has 2 N–H and O–H groups in total. The number of hydrogen-bond acceptors (Lipinski definition) is 3. The number of nitrogens with zero attached hydrogens (tertiary/aromatic N) is 1. The van der Waals surface area contributed by atoms with Crippen molar-refractivity contribution in [1.29, 1.82) is 0 Å². The minimum Gasteiger partial charge on any atom is -0.330 e. The van der Waals surface area contributed by atoms with E-state index in [2.05, 4.69) is 0 Å². The van der Waals surface area contributed by atoms with Crippen LogP contribution in [0.15, 0.2) is 0 Å². The van der Waals surface area contributed by atoms with Crippen molar-refractivity contribution >= 4 is 10.0 Å². The molecule has 16 heavy (non-hydrogen) atoms. The molecule has 94 valence electrons. The normalized spacial score (nSPS) is 31.9. The van der Waals surface area contributed by atoms with Crippen LogP contribution in [0, 0.1) is 5.92 Å². The third kappa shape index (κ3) is 2.26. The maximum Gasteiger partial charge on any atom is 0.216 e. The Labute approximate surface area is 98.2 Å². The van der Waals surface area contributed by atoms with E-state index in [4.69, 9.17) is 5.73 Å². The fourth-order valence-electron chi connectivity index (χ4n) is 2.73. The molecule has 0 aromatic rings. The molecule has 2 unspecified atom stereocenters. The largest absolute Gasteiger partial charge is 0.330 e. The predicted molar refractivity (Wildman–Crippen MR) is 64.5 cm³/mol. The van der Waals surface area contributed by atoms with Gasteiger partial charge in [0, 0.05) is 13.1 Å². The first-order valence-electron chi connectivity index (χ1n) is 6.24. The fourth-order valence-corrected chi connectivity index (χ4v) is 4.59. The lowest BCUT2D eigenvalue weighted by Gasteiger charge is -2.36. The third-order valence-electron chi connectivity index (χ3n) is 3.99. The zero-order chi connectivity index (χ0) is 11.8. The number of sulfonamides is 1. The Morgan fingerprint density at radius 2 is 1.81 bits per heavy atom. The van der Waals surface area contributed by atoms with Crippen molar-refractivity contribution in [3.63, 3.8) is 0 Å². The van der Waals surface area contributed by atoms with Crippen molar-refractivity contribution in [3.05, 3.63) is 0 Å². The van der Waals surface area contributed by atoms with Crippen LogP contribution in [0.5, 0.6) is 0 Å². The van der Waals surface area contributed by atoms with Gasteiger partial charge in [-0.25, -0.2) is 12.7 Å². The van der Waals surface area contributed by atoms with Gasteiger partial charge < -0.3 is 5.73 Å². The standard InChI is InChI=1S/C11H22N2O2S/c1-13(16(14,15)10-6-7-10)11-5-3-2-4-9(11)8-12/h9-11H,2-8,12H2,1H3. The highest BCUT2D eigenvalue weighted by Crippen LogP contribution is 2.35. The Kier molecular flexibility index (Phi) is 3.56. The first kappa shape index (κ1) is 12.3. The maximum absolute atomic E-state index is 12.1. The summed E-state index contributed by atoms with van der Waals surface area (Å²) in [5, 5.41) is -0.0992. The third-order valence-corrected chi connectivity index (χ3v) is 6.37. The monoisotopic (exact) mass is 246 g/mol. The van der Waals surface area contributed by atoms with E-state index in [0.717, 1.165) is 32.1 Å². The van der Waals surface area contributed by atoms with Crippen LogP contribution >= 0.6 is 0 Å². The van der Waals surface area contributed by atoms with Gasteiger partial charge in [0.2, 0.25) is 10.0 Å². The van der Waals surface area contributed by atoms with Crippen LogP contribution in [0.1, 0.15) is 38.5 Å². The number of hydrogen-bond donors (Lipinski definition) is 1. The molecule has 0 aromatic heterocycles. The summed E-state index contributed by atoms with van der Waals surface area (Å²) >= 11 is 0. The Hall–Kier alpha value is -0.130. The lowest BCUT2D eigenvalue weighted by atomic mass is 9.85. The van der Waals surface area contributed by atoms with E-state index < -0.39 is 10.0 Å². The summed E-state index contributed by atoms with van der Waals surface area (Å²) < 4.78 is 25.9. The molecule has 2 aliphatic carbocycles. The van der Waals surface area contributed by atoms with Crippen molar-refractivity contribution in [2.24, 2.45) is 11.7 Å². The molecule has 0 spiro atoms. The lowest BCUT2D eigenvalue weighted by Crippen LogP contribution is -2.46. The van der Waals surface area contributed by atoms with Crippen molar-refractivity contribution in [2.45, 2.75) is 49.8 Å². The summed E-state index contributed by atoms with van der Waals surface area (Å²) in [6.45, 7) is 0.606. The van der Waals surface area contributed by atoms with Crippen LogP contribution < -0.4 is 5.73 Å². The smallest absolute Gasteiger partial charge is 0.216 e. The van der Waals surface area contributed by atoms with Gasteiger partial charge in [0.25, 0.3) is 0 Å². The highest BCUT2D eigenvalue weighted by molar-refractivity contribution is 7.90. The first-order chi connectivity index (χ1) is 7.57. The van der Waals surface area contributed by atoms with Crippen LogP contribution in [0.4, 0.5) is 0 Å². The Morgan fingerprint density at radius 1 is 1.19 bits per heavy atom. The second kappa shape index (κ2) is 4.63. The molecule has 0 bridgehead atoms. The number of rotatable bonds is 4. The van der Waals surface area contributed by atoms with Gasteiger partial charge in [-0.1, -0.05) is 12.8 Å². The average Bonchev–Trinajstić information content (AvgIpc) is 3.12. The van der Waals surface area contributed by atoms with Crippen LogP contribution in [0.3, 0.4) is 0 Å². The average molecular weight is 246 g/mol. The molecule has 0 amide bonds. The van der Waals surface area contributed by atoms with Gasteiger partial charge in [0.15, 0.2) is 0 Å². The van der Waals surface area contributed by atoms with Gasteiger partial charge >= 0.3 is 0 Å². The summed E-state index contributed by atoms with van der Waals surface area (Å²) in [4.78, 5) is 0. The summed E-state index contributed by atoms with van der Waals surface area (Å²) in [6, 6.07) is 0.143. The van der Waals surface area contributed by atoms with E-state index in [0.29, 0.717) is 12.5 Å². The molecule has 2 atom stereocenters. The van der Waals surface area contributed by atoms with Crippen LogP contribution in [0.25, 0.3) is 0 Å². The molecule has 5 heteroatoms. The maximum atomic E-state index is 12.1. The van der Waals surface area contributed by atoms with E-state index in [1.807, 2.05) is 0 Å². The zero-order valence-electron chi connectivity index (χ0n) is 9.93. The minimum atomic E-state index is -3.03. The fraction of sp³-hybridized carbons (Fsp3) is 1.00. The van der Waals surface area contributed by atoms with E-state index in [9.17, 15) is 8.42 Å². The van der Waals surface area contributed by atoms with Gasteiger partial charge in [-0.15, -0.1) is 0 Å². The van der Waals surface area contributed by atoms with Crippen molar-refractivity contribution in [1.82, 2.24) is 4.31 Å². The van der Waals surface area contributed by atoms with Crippen LogP contribution in [-0.4, -0.2) is 37.6 Å². The van der Waals surface area contributed by atoms with Gasteiger partial charge in [-0.05, 0) is 38.1 Å². The molecule has 2 fully saturated rings. The van der Waals surface area contributed by atoms with Gasteiger partial charge in [0.1, 0.15) is 0 Å². The van der Waals surface area contributed by atoms with E-state index in [1.54, 1.807) is 11.4 Å². The lowest BCUT2D eigenvalue weighted by molar-refractivity contribution is 0.204. The molecule has 0 aromatic carbocycles. The summed E-state index contributed by atoms with van der Waals surface area (Å²) in [6.07, 6.45) is 6.05. The van der Waals surface area contributed by atoms with Gasteiger partial charge in [0.05, 0.1) is 5.25 Å². The molecule has 0 saturated heterocycles. The molecular weight excluding hydrogens is 224 g/mol. The second-order valence-electron chi connectivity index (χ2n) is 5.11. The summed E-state index contributed by atoms with van der Waals surface area (Å²) in [7, 11) is -1.29. The van der Waals surface area contributed by atoms with Gasteiger partial charge in [-0.2, -0.15) is 0 Å². The molecule has 0 heterocycles. The Bertz CT molecular complexity index is 338. The number of nitrogens with two attached hydrogens (primary N) is 1. The summed E-state index contributed by atoms with van der Waals surface area (Å²) in [5.74, 6) is 0.354. The quantitative estimate of drug-likeness (QED) is 0.802. The molecule has 2 aliphatic rings. The topological polar surface area (TPSA) is 63.4 Å². The van der Waals surface area contributed by atoms with E-state index >= 15 is 0 Å². The highest BCUT2D eigenvalue weighted by Gasteiger charge is 2.42. The SMILES string of the molecule is CN(C1CCCCC1CN)S(=O)(=O)C1CC1. The Morgan fingerprint density at radius 3 is 2.38 bits per heavy atom. The van der Waals surface area contributed by atoms with E-state index in [-0.39, 0.29) is 11.3 Å². The second-order valence-corrected chi connectivity index (χ2v) is 7.38. The summed E-state index contributed by atoms with van der Waals surface area (Å²) in [5.41, 5.74) is 5.74. The predicted octanol–water partition coefficient (Wildman–Crippen LogP) is 0.928.